The maximum atomic E-state index is 13.6. The molecule has 2 aliphatic rings. The SMILES string of the molecule is CCOP(=O)(OCC)C1(P(=O)(OCC)OCC)CC(C(=O)C2CC2)N=N1. The molecule has 1 unspecified atom stereocenters. The minimum absolute atomic E-state index is 0.0496. The summed E-state index contributed by atoms with van der Waals surface area (Å²) in [6.45, 7) is 6.77. The van der Waals surface area contributed by atoms with Crippen LogP contribution in [0.3, 0.4) is 0 Å². The van der Waals surface area contributed by atoms with E-state index in [1.807, 2.05) is 0 Å². The predicted octanol–water partition coefficient (Wildman–Crippen LogP) is 4.38. The van der Waals surface area contributed by atoms with Crippen LogP contribution in [0.5, 0.6) is 0 Å². The molecule has 0 amide bonds. The fourth-order valence-electron chi connectivity index (χ4n) is 2.95. The van der Waals surface area contributed by atoms with Crippen molar-refractivity contribution in [2.45, 2.75) is 58.0 Å². The molecule has 1 atom stereocenters. The Labute approximate surface area is 154 Å². The van der Waals surface area contributed by atoms with Crippen molar-refractivity contribution in [2.75, 3.05) is 26.4 Å². The number of carbonyl (C=O) groups excluding carboxylic acids is 1. The zero-order valence-electron chi connectivity index (χ0n) is 15.8. The molecule has 0 radical (unpaired) electrons. The van der Waals surface area contributed by atoms with Crippen LogP contribution in [0.4, 0.5) is 0 Å². The van der Waals surface area contributed by atoms with E-state index in [2.05, 4.69) is 10.2 Å². The normalized spacial score (nSPS) is 22.7. The van der Waals surface area contributed by atoms with Crippen LogP contribution in [0.15, 0.2) is 10.2 Å². The van der Waals surface area contributed by atoms with Crippen LogP contribution < -0.4 is 0 Å². The molecule has 0 N–H and O–H groups in total. The molecule has 0 saturated heterocycles. The van der Waals surface area contributed by atoms with Gasteiger partial charge in [0.1, 0.15) is 6.04 Å². The maximum absolute atomic E-state index is 13.6. The van der Waals surface area contributed by atoms with E-state index >= 15 is 0 Å². The van der Waals surface area contributed by atoms with Gasteiger partial charge in [0.15, 0.2) is 5.78 Å². The predicted molar refractivity (Wildman–Crippen MR) is 95.4 cm³/mol. The summed E-state index contributed by atoms with van der Waals surface area (Å²) >= 11 is 0. The molecule has 1 fully saturated rings. The van der Waals surface area contributed by atoms with E-state index in [1.165, 1.54) is 0 Å². The molecule has 1 saturated carbocycles. The largest absolute Gasteiger partial charge is 0.372 e. The average molecular weight is 410 g/mol. The van der Waals surface area contributed by atoms with Crippen molar-refractivity contribution >= 4 is 21.0 Å². The van der Waals surface area contributed by atoms with E-state index in [0.717, 1.165) is 12.8 Å². The van der Waals surface area contributed by atoms with Gasteiger partial charge in [-0.15, -0.1) is 0 Å². The minimum Gasteiger partial charge on any atom is -0.307 e. The number of Topliss-reactive ketones (excluding diaryl/α,β-unsaturated/α-hetero) is 1. The van der Waals surface area contributed by atoms with Gasteiger partial charge in [0.2, 0.25) is 0 Å². The summed E-state index contributed by atoms with van der Waals surface area (Å²) in [6, 6.07) is -0.842. The Morgan fingerprint density at radius 1 is 0.923 bits per heavy atom. The third-order valence-electron chi connectivity index (χ3n) is 4.21. The van der Waals surface area contributed by atoms with Gasteiger partial charge in [0.25, 0.3) is 5.02 Å². The molecule has 1 aliphatic carbocycles. The van der Waals surface area contributed by atoms with Crippen LogP contribution in [0.2, 0.25) is 0 Å². The van der Waals surface area contributed by atoms with Crippen LogP contribution in [-0.2, 0) is 32.0 Å². The molecule has 11 heteroatoms. The number of carbonyl (C=O) groups is 1. The van der Waals surface area contributed by atoms with E-state index in [9.17, 15) is 13.9 Å². The Morgan fingerprint density at radius 3 is 1.69 bits per heavy atom. The van der Waals surface area contributed by atoms with Gasteiger partial charge in [0, 0.05) is 12.3 Å². The first kappa shape index (κ1) is 21.9. The number of azo groups is 1. The molecule has 0 aromatic heterocycles. The second kappa shape index (κ2) is 8.72. The standard InChI is InChI=1S/C15H28N2O7P2/c1-5-21-25(19,22-6-2)15(26(20,23-7-3)24-8-4)11-13(16-17-15)14(18)12-9-10-12/h12-13H,5-11H2,1-4H3. The topological polar surface area (TPSA) is 113 Å². The monoisotopic (exact) mass is 410 g/mol. The molecule has 0 aromatic rings. The number of rotatable bonds is 12. The maximum Gasteiger partial charge on any atom is 0.372 e. The van der Waals surface area contributed by atoms with Crippen LogP contribution in [0, 0.1) is 5.92 Å². The summed E-state index contributed by atoms with van der Waals surface area (Å²) in [5.41, 5.74) is 0. The smallest absolute Gasteiger partial charge is 0.307 e. The second-order valence-electron chi connectivity index (χ2n) is 6.05. The summed E-state index contributed by atoms with van der Waals surface area (Å²) in [4.78, 5) is 12.5. The summed E-state index contributed by atoms with van der Waals surface area (Å²) in [6.07, 6.45) is 1.44. The second-order valence-corrected chi connectivity index (χ2v) is 10.9. The fourth-order valence-corrected chi connectivity index (χ4v) is 8.30. The van der Waals surface area contributed by atoms with Crippen molar-refractivity contribution in [1.29, 1.82) is 0 Å². The average Bonchev–Trinajstić information content (AvgIpc) is 3.32. The number of ketones is 1. The minimum atomic E-state index is -4.09. The summed E-state index contributed by atoms with van der Waals surface area (Å²) < 4.78 is 49.0. The molecule has 1 heterocycles. The highest BCUT2D eigenvalue weighted by atomic mass is 31.2. The van der Waals surface area contributed by atoms with Gasteiger partial charge in [-0.25, -0.2) is 0 Å². The van der Waals surface area contributed by atoms with Crippen LogP contribution in [-0.4, -0.2) is 43.3 Å². The van der Waals surface area contributed by atoms with Crippen molar-refractivity contribution in [1.82, 2.24) is 0 Å². The first-order valence-electron chi connectivity index (χ1n) is 9.07. The van der Waals surface area contributed by atoms with Crippen molar-refractivity contribution in [3.05, 3.63) is 0 Å². The summed E-state index contributed by atoms with van der Waals surface area (Å²) in [5.74, 6) is -0.151. The Hall–Kier alpha value is -0.430. The lowest BCUT2D eigenvalue weighted by molar-refractivity contribution is -0.121. The van der Waals surface area contributed by atoms with Crippen molar-refractivity contribution in [3.63, 3.8) is 0 Å². The quantitative estimate of drug-likeness (QED) is 0.439. The first-order valence-corrected chi connectivity index (χ1v) is 12.2. The third-order valence-corrected chi connectivity index (χ3v) is 10.4. The zero-order chi connectivity index (χ0) is 19.4. The third kappa shape index (κ3) is 3.89. The van der Waals surface area contributed by atoms with Gasteiger partial charge in [-0.05, 0) is 40.5 Å². The lowest BCUT2D eigenvalue weighted by Gasteiger charge is -2.36. The van der Waals surface area contributed by atoms with Gasteiger partial charge in [-0.2, -0.15) is 10.2 Å². The van der Waals surface area contributed by atoms with E-state index in [-0.39, 0.29) is 44.5 Å². The molecule has 2 rings (SSSR count). The number of hydrogen-bond donors (Lipinski definition) is 0. The van der Waals surface area contributed by atoms with Crippen molar-refractivity contribution in [2.24, 2.45) is 16.1 Å². The van der Waals surface area contributed by atoms with Crippen LogP contribution in [0.25, 0.3) is 0 Å². The van der Waals surface area contributed by atoms with Crippen molar-refractivity contribution in [3.8, 4) is 0 Å². The molecule has 9 nitrogen and oxygen atoms in total. The molecule has 0 bridgehead atoms. The Balaban J connectivity index is 2.51. The molecule has 150 valence electrons. The Bertz CT molecular complexity index is 585. The lowest BCUT2D eigenvalue weighted by atomic mass is 10.1. The van der Waals surface area contributed by atoms with Gasteiger partial charge in [0.05, 0.1) is 26.4 Å². The zero-order valence-corrected chi connectivity index (χ0v) is 17.5. The molecular weight excluding hydrogens is 382 g/mol. The van der Waals surface area contributed by atoms with Gasteiger partial charge in [-0.3, -0.25) is 13.9 Å². The van der Waals surface area contributed by atoms with Crippen LogP contribution >= 0.6 is 15.2 Å². The molecule has 26 heavy (non-hydrogen) atoms. The van der Waals surface area contributed by atoms with Crippen molar-refractivity contribution < 1.29 is 32.0 Å². The van der Waals surface area contributed by atoms with E-state index in [4.69, 9.17) is 18.1 Å². The summed E-state index contributed by atoms with van der Waals surface area (Å²) in [7, 11) is -8.18. The Kier molecular flexibility index (Phi) is 7.33. The Morgan fingerprint density at radius 2 is 1.35 bits per heavy atom. The van der Waals surface area contributed by atoms with Gasteiger partial charge >= 0.3 is 15.2 Å². The van der Waals surface area contributed by atoms with E-state index in [0.29, 0.717) is 0 Å². The highest BCUT2D eigenvalue weighted by Gasteiger charge is 2.70. The highest BCUT2D eigenvalue weighted by molar-refractivity contribution is 7.74. The van der Waals surface area contributed by atoms with E-state index < -0.39 is 26.3 Å². The molecule has 1 aliphatic heterocycles. The molecule has 0 aromatic carbocycles. The summed E-state index contributed by atoms with van der Waals surface area (Å²) in [5, 5.41) is 6.13. The number of nitrogens with zero attached hydrogens (tertiary/aromatic N) is 2. The highest BCUT2D eigenvalue weighted by Crippen LogP contribution is 2.81. The van der Waals surface area contributed by atoms with E-state index in [1.54, 1.807) is 27.7 Å². The molecular formula is C15H28N2O7P2. The lowest BCUT2D eigenvalue weighted by Crippen LogP contribution is -2.33. The number of hydrogen-bond acceptors (Lipinski definition) is 9. The molecule has 0 spiro atoms. The van der Waals surface area contributed by atoms with Crippen LogP contribution in [0.1, 0.15) is 47.0 Å². The van der Waals surface area contributed by atoms with Gasteiger partial charge in [-0.1, -0.05) is 0 Å². The fraction of sp³-hybridized carbons (Fsp3) is 0.933. The van der Waals surface area contributed by atoms with Gasteiger partial charge < -0.3 is 18.1 Å². The first-order chi connectivity index (χ1) is 12.3.